The zero-order chi connectivity index (χ0) is 40.0. The SMILES string of the molecule is [2H]c1cc([2H])c2c(c1[2H])c1c([2H])c3c4c([2H])c([2H])cc([2H])c4n(-c4nc(-c5ccccc5)nc(-c5cccc(-c6ccccc6)c5)n4)c3c([2H])c1n2-c1ccccc1. The molecule has 3 heterocycles. The second kappa shape index (κ2) is 11.4. The molecule has 50 heavy (non-hydrogen) atoms. The van der Waals surface area contributed by atoms with Gasteiger partial charge in [-0.1, -0.05) is 133 Å². The normalized spacial score (nSPS) is 13.8. The van der Waals surface area contributed by atoms with Crippen LogP contribution in [0.1, 0.15) is 11.0 Å². The van der Waals surface area contributed by atoms with Gasteiger partial charge in [-0.15, -0.1) is 0 Å². The third-order valence-electron chi connectivity index (χ3n) is 8.88. The molecule has 0 aliphatic carbocycles. The fourth-order valence-electron chi connectivity index (χ4n) is 6.62. The third kappa shape index (κ3) is 4.52. The minimum atomic E-state index is -0.254. The zero-order valence-corrected chi connectivity index (χ0v) is 26.4. The lowest BCUT2D eigenvalue weighted by atomic mass is 10.0. The van der Waals surface area contributed by atoms with Crippen molar-refractivity contribution >= 4 is 43.6 Å². The van der Waals surface area contributed by atoms with Crippen LogP contribution in [0.3, 0.4) is 0 Å². The number of rotatable bonds is 5. The van der Waals surface area contributed by atoms with Crippen LogP contribution in [0.25, 0.3) is 89.2 Å². The fourth-order valence-corrected chi connectivity index (χ4v) is 6.62. The van der Waals surface area contributed by atoms with Crippen molar-refractivity contribution < 1.29 is 11.0 Å². The Hall–Kier alpha value is -6.85. The van der Waals surface area contributed by atoms with Crippen LogP contribution in [0.2, 0.25) is 0 Å². The first-order valence-electron chi connectivity index (χ1n) is 20.1. The molecule has 0 spiro atoms. The molecule has 5 heteroatoms. The maximum Gasteiger partial charge on any atom is 0.238 e. The summed E-state index contributed by atoms with van der Waals surface area (Å²) in [6.45, 7) is 0. The molecule has 3 aromatic heterocycles. The Labute approximate surface area is 299 Å². The Bertz CT molecular complexity index is 3310. The molecule has 0 N–H and O–H groups in total. The van der Waals surface area contributed by atoms with Gasteiger partial charge in [0.25, 0.3) is 0 Å². The van der Waals surface area contributed by atoms with Crippen LogP contribution in [0.5, 0.6) is 0 Å². The minimum absolute atomic E-state index is 0.0324. The molecule has 0 unspecified atom stereocenters. The maximum atomic E-state index is 10.1. The Morgan fingerprint density at radius 3 is 1.62 bits per heavy atom. The lowest BCUT2D eigenvalue weighted by Crippen LogP contribution is -2.06. The van der Waals surface area contributed by atoms with Crippen LogP contribution in [0.15, 0.2) is 176 Å². The molecule has 0 saturated carbocycles. The van der Waals surface area contributed by atoms with Crippen molar-refractivity contribution in [3.05, 3.63) is 176 Å². The van der Waals surface area contributed by atoms with Gasteiger partial charge >= 0.3 is 0 Å². The molecule has 5 nitrogen and oxygen atoms in total. The van der Waals surface area contributed by atoms with Crippen molar-refractivity contribution in [3.8, 4) is 45.5 Å². The number of nitrogens with zero attached hydrogens (tertiary/aromatic N) is 5. The largest absolute Gasteiger partial charge is 0.309 e. The fraction of sp³-hybridized carbons (Fsp3) is 0. The first kappa shape index (κ1) is 21.2. The highest BCUT2D eigenvalue weighted by molar-refractivity contribution is 6.19. The topological polar surface area (TPSA) is 48.5 Å². The van der Waals surface area contributed by atoms with E-state index in [1.54, 1.807) is 4.57 Å². The maximum absolute atomic E-state index is 10.1. The minimum Gasteiger partial charge on any atom is -0.309 e. The quantitative estimate of drug-likeness (QED) is 0.187. The van der Waals surface area contributed by atoms with Crippen LogP contribution >= 0.6 is 0 Å². The Balaban J connectivity index is 1.40. The van der Waals surface area contributed by atoms with E-state index in [4.69, 9.17) is 20.4 Å². The van der Waals surface area contributed by atoms with Gasteiger partial charge in [0, 0.05) is 38.4 Å². The summed E-state index contributed by atoms with van der Waals surface area (Å²) in [5.74, 6) is 0.655. The molecule has 0 radical (unpaired) electrons. The number of para-hydroxylation sites is 3. The molecular formula is C45H29N5. The van der Waals surface area contributed by atoms with E-state index >= 15 is 0 Å². The van der Waals surface area contributed by atoms with E-state index in [2.05, 4.69) is 0 Å². The second-order valence-corrected chi connectivity index (χ2v) is 11.9. The standard InChI is InChI=1S/C45H29N5/c1-4-15-30(16-5-1)32-19-14-20-33(27-32)44-46-43(31-17-6-2-7-18-31)47-45(48-44)50-40-26-13-11-24-36(40)38-28-37-35-23-10-12-25-39(35)49(41(37)29-42(38)50)34-21-8-3-9-22-34/h1-29H/i10D,11D,23D,24D,25D,26D,28D,29D. The molecule has 0 fully saturated rings. The van der Waals surface area contributed by atoms with Crippen molar-refractivity contribution in [2.24, 2.45) is 0 Å². The van der Waals surface area contributed by atoms with E-state index in [0.717, 1.165) is 11.1 Å². The second-order valence-electron chi connectivity index (χ2n) is 11.9. The van der Waals surface area contributed by atoms with Crippen LogP contribution in [0, 0.1) is 0 Å². The first-order chi connectivity index (χ1) is 28.1. The van der Waals surface area contributed by atoms with Crippen molar-refractivity contribution in [3.63, 3.8) is 0 Å². The van der Waals surface area contributed by atoms with Crippen LogP contribution in [-0.2, 0) is 0 Å². The predicted octanol–water partition coefficient (Wildman–Crippen LogP) is 11.1. The summed E-state index contributed by atoms with van der Waals surface area (Å²) in [4.78, 5) is 14.9. The molecule has 0 atom stereocenters. The lowest BCUT2D eigenvalue weighted by Gasteiger charge is -2.12. The smallest absolute Gasteiger partial charge is 0.238 e. The van der Waals surface area contributed by atoms with Crippen molar-refractivity contribution in [1.82, 2.24) is 24.1 Å². The van der Waals surface area contributed by atoms with Gasteiger partial charge in [-0.2, -0.15) is 9.97 Å². The van der Waals surface area contributed by atoms with Gasteiger partial charge in [-0.05, 0) is 53.5 Å². The molecule has 0 saturated heterocycles. The molecule has 0 bridgehead atoms. The van der Waals surface area contributed by atoms with Gasteiger partial charge in [0.15, 0.2) is 11.6 Å². The summed E-state index contributed by atoms with van der Waals surface area (Å²) in [6, 6.07) is 37.3. The molecule has 10 rings (SSSR count). The van der Waals surface area contributed by atoms with Crippen LogP contribution in [-0.4, -0.2) is 24.1 Å². The van der Waals surface area contributed by atoms with Crippen molar-refractivity contribution in [1.29, 1.82) is 0 Å². The molecule has 0 aliphatic heterocycles. The zero-order valence-electron chi connectivity index (χ0n) is 34.4. The Morgan fingerprint density at radius 2 is 0.940 bits per heavy atom. The van der Waals surface area contributed by atoms with E-state index in [9.17, 15) is 5.48 Å². The molecule has 10 aromatic rings. The molecule has 0 aliphatic rings. The highest BCUT2D eigenvalue weighted by Gasteiger charge is 2.21. The summed E-state index contributed by atoms with van der Waals surface area (Å²) in [5, 5.41) is 0.498. The number of aromatic nitrogens is 5. The predicted molar refractivity (Wildman–Crippen MR) is 205 cm³/mol. The van der Waals surface area contributed by atoms with Gasteiger partial charge < -0.3 is 4.57 Å². The highest BCUT2D eigenvalue weighted by atomic mass is 15.2. The van der Waals surface area contributed by atoms with Gasteiger partial charge in [-0.3, -0.25) is 4.57 Å². The number of hydrogen-bond acceptors (Lipinski definition) is 3. The van der Waals surface area contributed by atoms with Crippen molar-refractivity contribution in [2.45, 2.75) is 0 Å². The van der Waals surface area contributed by atoms with Gasteiger partial charge in [-0.25, -0.2) is 4.98 Å². The monoisotopic (exact) mass is 647 g/mol. The summed E-state index contributed by atoms with van der Waals surface area (Å²) in [6.07, 6.45) is 0. The summed E-state index contributed by atoms with van der Waals surface area (Å²) in [5.41, 5.74) is 4.58. The van der Waals surface area contributed by atoms with E-state index < -0.39 is 0 Å². The van der Waals surface area contributed by atoms with E-state index in [-0.39, 0.29) is 97.9 Å². The van der Waals surface area contributed by atoms with Gasteiger partial charge in [0.2, 0.25) is 5.95 Å². The summed E-state index contributed by atoms with van der Waals surface area (Å²) in [7, 11) is 0. The van der Waals surface area contributed by atoms with Crippen LogP contribution in [0.4, 0.5) is 0 Å². The average molecular weight is 648 g/mol. The van der Waals surface area contributed by atoms with E-state index in [0.29, 0.717) is 28.5 Å². The van der Waals surface area contributed by atoms with E-state index in [1.165, 1.54) is 16.7 Å². The number of benzene rings is 7. The summed E-state index contributed by atoms with van der Waals surface area (Å²) < 4.78 is 77.0. The Kier molecular flexibility index (Phi) is 4.83. The highest BCUT2D eigenvalue weighted by Crippen LogP contribution is 2.39. The number of hydrogen-bond donors (Lipinski definition) is 0. The Morgan fingerprint density at radius 1 is 0.400 bits per heavy atom. The first-order valence-corrected chi connectivity index (χ1v) is 16.1. The molecule has 234 valence electrons. The molecule has 0 amide bonds. The molecule has 7 aromatic carbocycles. The lowest BCUT2D eigenvalue weighted by molar-refractivity contribution is 0.953. The van der Waals surface area contributed by atoms with Gasteiger partial charge in [0.1, 0.15) is 0 Å². The van der Waals surface area contributed by atoms with Crippen molar-refractivity contribution in [2.75, 3.05) is 0 Å². The third-order valence-corrected chi connectivity index (χ3v) is 8.88. The number of fused-ring (bicyclic) bond motifs is 6. The summed E-state index contributed by atoms with van der Waals surface area (Å²) >= 11 is 0. The molecular weight excluding hydrogens is 611 g/mol. The average Bonchev–Trinajstić information content (AvgIpc) is 3.82. The van der Waals surface area contributed by atoms with E-state index in [1.807, 2.05) is 115 Å². The van der Waals surface area contributed by atoms with Crippen LogP contribution < -0.4 is 0 Å². The van der Waals surface area contributed by atoms with Gasteiger partial charge in [0.05, 0.1) is 33.0 Å².